The summed E-state index contributed by atoms with van der Waals surface area (Å²) >= 11 is 5.47. The summed E-state index contributed by atoms with van der Waals surface area (Å²) in [6.07, 6.45) is -2.91. The molecule has 0 radical (unpaired) electrons. The normalized spacial score (nSPS) is 19.1. The van der Waals surface area contributed by atoms with E-state index in [0.29, 0.717) is 11.4 Å². The first kappa shape index (κ1) is 32.8. The van der Waals surface area contributed by atoms with Gasteiger partial charge in [0, 0.05) is 39.4 Å². The summed E-state index contributed by atoms with van der Waals surface area (Å²) in [6.45, 7) is 4.05. The van der Waals surface area contributed by atoms with E-state index in [1.807, 2.05) is 0 Å². The maximum atomic E-state index is 12.6. The summed E-state index contributed by atoms with van der Waals surface area (Å²) in [4.78, 5) is 60.5. The molecule has 0 fully saturated rings. The lowest BCUT2D eigenvalue weighted by molar-refractivity contribution is -0.188. The van der Waals surface area contributed by atoms with Crippen molar-refractivity contribution in [2.24, 2.45) is 0 Å². The fraction of sp³-hybridized carbons (Fsp3) is 0.462. The van der Waals surface area contributed by atoms with Gasteiger partial charge in [0.15, 0.2) is 23.4 Å². The molecule has 0 saturated carbocycles. The number of ether oxygens (including phenoxy) is 6. The van der Waals surface area contributed by atoms with Crippen LogP contribution in [-0.4, -0.2) is 86.1 Å². The number of esters is 4. The number of carbonyl (C=O) groups excluding carboxylic acids is 5. The lowest BCUT2D eigenvalue weighted by atomic mass is 9.91. The quantitative estimate of drug-likeness (QED) is 0.185. The van der Waals surface area contributed by atoms with Crippen molar-refractivity contribution < 1.29 is 52.4 Å². The van der Waals surface area contributed by atoms with E-state index in [2.05, 4.69) is 16.0 Å². The molecular formula is C26H33N3O11S. The van der Waals surface area contributed by atoms with Crippen molar-refractivity contribution in [1.82, 2.24) is 10.6 Å². The van der Waals surface area contributed by atoms with Crippen molar-refractivity contribution in [3.05, 3.63) is 36.1 Å². The van der Waals surface area contributed by atoms with Crippen LogP contribution in [0.4, 0.5) is 5.69 Å². The number of anilines is 1. The van der Waals surface area contributed by atoms with Crippen molar-refractivity contribution in [2.45, 2.75) is 58.1 Å². The molecule has 0 aliphatic carbocycles. The number of amides is 1. The Kier molecular flexibility index (Phi) is 12.3. The Balaban J connectivity index is 2.54. The number of thiocarbonyl (C=S) groups is 1. The van der Waals surface area contributed by atoms with Gasteiger partial charge >= 0.3 is 23.9 Å². The van der Waals surface area contributed by atoms with Gasteiger partial charge in [0.05, 0.1) is 26.3 Å². The Bertz CT molecular complexity index is 1190. The fourth-order valence-electron chi connectivity index (χ4n) is 3.93. The van der Waals surface area contributed by atoms with Gasteiger partial charge in [-0.15, -0.1) is 0 Å². The smallest absolute Gasteiger partial charge is 0.373 e. The maximum absolute atomic E-state index is 12.6. The number of rotatable bonds is 11. The van der Waals surface area contributed by atoms with Crippen LogP contribution < -0.4 is 20.7 Å². The minimum Gasteiger partial charge on any atom is -0.497 e. The van der Waals surface area contributed by atoms with Gasteiger partial charge in [0.25, 0.3) is 0 Å². The first-order valence-corrected chi connectivity index (χ1v) is 12.7. The van der Waals surface area contributed by atoms with Crippen molar-refractivity contribution in [2.75, 3.05) is 26.1 Å². The molecule has 3 N–H and O–H groups in total. The molecule has 0 unspecified atom stereocenters. The molecule has 41 heavy (non-hydrogen) atoms. The van der Waals surface area contributed by atoms with E-state index in [1.54, 1.807) is 24.3 Å². The van der Waals surface area contributed by atoms with E-state index in [0.717, 1.165) is 27.9 Å². The average Bonchev–Trinajstić information content (AvgIpc) is 2.89. The molecule has 1 heterocycles. The molecule has 1 aromatic rings. The Labute approximate surface area is 242 Å². The summed E-state index contributed by atoms with van der Waals surface area (Å²) in [5, 5.41) is 8.77. The molecule has 1 aliphatic rings. The summed E-state index contributed by atoms with van der Waals surface area (Å²) in [6, 6.07) is 4.88. The SMILES string of the molecule is COC(=O)C1=C[C@H](NC(=S)Nc2cccc(OC)c2)[C@@H](NC(C)=O)[C@H]([C@H](OC(C)=O)[C@@H](COC(C)=O)OC(C)=O)O1. The highest BCUT2D eigenvalue weighted by Gasteiger charge is 2.48. The van der Waals surface area contributed by atoms with E-state index >= 15 is 0 Å². The third kappa shape index (κ3) is 10.3. The molecule has 1 aromatic carbocycles. The van der Waals surface area contributed by atoms with Crippen LogP contribution in [0.5, 0.6) is 5.75 Å². The topological polar surface area (TPSA) is 177 Å². The van der Waals surface area contributed by atoms with E-state index < -0.39 is 66.8 Å². The summed E-state index contributed by atoms with van der Waals surface area (Å²) in [7, 11) is 2.64. The number of hydrogen-bond acceptors (Lipinski definition) is 12. The highest BCUT2D eigenvalue weighted by Crippen LogP contribution is 2.27. The largest absolute Gasteiger partial charge is 0.497 e. The molecule has 0 spiro atoms. The first-order valence-electron chi connectivity index (χ1n) is 12.3. The number of benzene rings is 1. The van der Waals surface area contributed by atoms with Crippen LogP contribution in [0.3, 0.4) is 0 Å². The van der Waals surface area contributed by atoms with Gasteiger partial charge in [0.2, 0.25) is 11.7 Å². The minimum absolute atomic E-state index is 0.0835. The van der Waals surface area contributed by atoms with Gasteiger partial charge in [-0.3, -0.25) is 19.2 Å². The molecular weight excluding hydrogens is 562 g/mol. The van der Waals surface area contributed by atoms with Crippen LogP contribution in [0.2, 0.25) is 0 Å². The van der Waals surface area contributed by atoms with Crippen LogP contribution in [0.25, 0.3) is 0 Å². The molecule has 1 amide bonds. The van der Waals surface area contributed by atoms with Crippen LogP contribution in [0, 0.1) is 0 Å². The Morgan fingerprint density at radius 1 is 0.976 bits per heavy atom. The van der Waals surface area contributed by atoms with Crippen LogP contribution in [0.1, 0.15) is 27.7 Å². The molecule has 0 bridgehead atoms. The van der Waals surface area contributed by atoms with E-state index in [4.69, 9.17) is 40.6 Å². The zero-order valence-electron chi connectivity index (χ0n) is 23.4. The third-order valence-electron chi connectivity index (χ3n) is 5.48. The number of methoxy groups -OCH3 is 2. The van der Waals surface area contributed by atoms with Crippen molar-refractivity contribution >= 4 is 52.8 Å². The second-order valence-electron chi connectivity index (χ2n) is 8.71. The van der Waals surface area contributed by atoms with E-state index in [-0.39, 0.29) is 10.9 Å². The van der Waals surface area contributed by atoms with E-state index in [1.165, 1.54) is 20.1 Å². The lowest BCUT2D eigenvalue weighted by Gasteiger charge is -2.42. The van der Waals surface area contributed by atoms with Crippen LogP contribution in [0.15, 0.2) is 36.1 Å². The van der Waals surface area contributed by atoms with Gasteiger partial charge in [-0.05, 0) is 30.4 Å². The van der Waals surface area contributed by atoms with Gasteiger partial charge < -0.3 is 44.4 Å². The second-order valence-corrected chi connectivity index (χ2v) is 9.12. The molecule has 15 heteroatoms. The number of carbonyl (C=O) groups is 5. The zero-order valence-corrected chi connectivity index (χ0v) is 24.2. The molecule has 224 valence electrons. The number of nitrogens with one attached hydrogen (secondary N) is 3. The lowest BCUT2D eigenvalue weighted by Crippen LogP contribution is -2.64. The molecule has 14 nitrogen and oxygen atoms in total. The molecule has 5 atom stereocenters. The van der Waals surface area contributed by atoms with E-state index in [9.17, 15) is 24.0 Å². The second kappa shape index (κ2) is 15.4. The van der Waals surface area contributed by atoms with Crippen LogP contribution >= 0.6 is 12.2 Å². The van der Waals surface area contributed by atoms with Crippen molar-refractivity contribution in [3.63, 3.8) is 0 Å². The number of hydrogen-bond donors (Lipinski definition) is 3. The highest BCUT2D eigenvalue weighted by atomic mass is 32.1. The molecule has 0 aromatic heterocycles. The summed E-state index contributed by atoms with van der Waals surface area (Å²) in [5.74, 6) is -3.44. The molecule has 1 aliphatic heterocycles. The predicted octanol–water partition coefficient (Wildman–Crippen LogP) is 0.737. The highest BCUT2D eigenvalue weighted by molar-refractivity contribution is 7.80. The third-order valence-corrected chi connectivity index (χ3v) is 5.70. The first-order chi connectivity index (χ1) is 19.3. The molecule has 0 saturated heterocycles. The van der Waals surface area contributed by atoms with Gasteiger partial charge in [0.1, 0.15) is 12.4 Å². The summed E-state index contributed by atoms with van der Waals surface area (Å²) in [5.41, 5.74) is 0.577. The fourth-order valence-corrected chi connectivity index (χ4v) is 4.18. The van der Waals surface area contributed by atoms with Crippen molar-refractivity contribution in [3.8, 4) is 5.75 Å². The molecule has 2 rings (SSSR count). The average molecular weight is 596 g/mol. The van der Waals surface area contributed by atoms with Crippen LogP contribution in [-0.2, 0) is 47.7 Å². The summed E-state index contributed by atoms with van der Waals surface area (Å²) < 4.78 is 31.8. The van der Waals surface area contributed by atoms with Gasteiger partial charge in [-0.2, -0.15) is 0 Å². The van der Waals surface area contributed by atoms with Gasteiger partial charge in [-0.25, -0.2) is 4.79 Å². The Morgan fingerprint density at radius 2 is 1.66 bits per heavy atom. The van der Waals surface area contributed by atoms with Crippen molar-refractivity contribution in [1.29, 1.82) is 0 Å². The van der Waals surface area contributed by atoms with Gasteiger partial charge in [-0.1, -0.05) is 6.07 Å². The zero-order chi connectivity index (χ0) is 30.7. The standard InChI is InChI=1S/C26H33N3O11S/c1-13(30)27-22-19(29-26(41)28-17-8-7-9-18(10-17)35-5)11-20(25(34)36-6)40-24(22)23(39-16(4)33)21(38-15(3)32)12-37-14(2)31/h7-11,19,21-24H,12H2,1-6H3,(H,27,30)(H2,28,29,41)/t19-,21+,22+,23+,24+/m0/s1. The maximum Gasteiger partial charge on any atom is 0.373 e. The minimum atomic E-state index is -1.48. The Hall–Kier alpha value is -4.40. The monoisotopic (exact) mass is 595 g/mol. The predicted molar refractivity (Wildman–Crippen MR) is 146 cm³/mol. The Morgan fingerprint density at radius 3 is 2.22 bits per heavy atom.